The molecule has 0 saturated heterocycles. The fourth-order valence-electron chi connectivity index (χ4n) is 3.00. The van der Waals surface area contributed by atoms with Crippen molar-refractivity contribution in [1.29, 1.82) is 0 Å². The van der Waals surface area contributed by atoms with Gasteiger partial charge in [-0.05, 0) is 29.8 Å². The summed E-state index contributed by atoms with van der Waals surface area (Å²) in [5, 5.41) is 12.8. The average molecular weight is 402 g/mol. The number of nitrogens with zero attached hydrogens (tertiary/aromatic N) is 1. The van der Waals surface area contributed by atoms with Gasteiger partial charge in [0.05, 0.1) is 6.54 Å². The van der Waals surface area contributed by atoms with Crippen LogP contribution in [0.3, 0.4) is 0 Å². The molecule has 0 saturated carbocycles. The topological polar surface area (TPSA) is 69.6 Å². The zero-order valence-corrected chi connectivity index (χ0v) is 16.2. The first kappa shape index (κ1) is 18.8. The van der Waals surface area contributed by atoms with Crippen LogP contribution < -0.4 is 5.32 Å². The number of amides is 2. The van der Waals surface area contributed by atoms with Crippen molar-refractivity contribution in [3.8, 4) is 5.75 Å². The summed E-state index contributed by atoms with van der Waals surface area (Å²) in [4.78, 5) is 28.7. The van der Waals surface area contributed by atoms with E-state index >= 15 is 0 Å². The Hall–Kier alpha value is -3.51. The largest absolute Gasteiger partial charge is 0.508 e. The molecule has 0 aromatic heterocycles. The highest BCUT2D eigenvalue weighted by Crippen LogP contribution is 2.36. The molecule has 0 bridgehead atoms. The molecule has 2 amide bonds. The molecule has 0 aliphatic carbocycles. The smallest absolute Gasteiger partial charge is 0.278 e. The lowest BCUT2D eigenvalue weighted by Gasteiger charge is -2.15. The van der Waals surface area contributed by atoms with E-state index in [0.29, 0.717) is 10.6 Å². The van der Waals surface area contributed by atoms with Crippen molar-refractivity contribution in [2.24, 2.45) is 0 Å². The predicted octanol–water partition coefficient (Wildman–Crippen LogP) is 4.38. The maximum Gasteiger partial charge on any atom is 0.278 e. The molecule has 4 rings (SSSR count). The minimum atomic E-state index is -0.388. The summed E-state index contributed by atoms with van der Waals surface area (Å²) in [6.45, 7) is 0.197. The van der Waals surface area contributed by atoms with Gasteiger partial charge in [0.15, 0.2) is 0 Å². The monoisotopic (exact) mass is 402 g/mol. The van der Waals surface area contributed by atoms with Gasteiger partial charge in [-0.15, -0.1) is 0 Å². The first-order valence-corrected chi connectivity index (χ1v) is 9.87. The summed E-state index contributed by atoms with van der Waals surface area (Å²) in [6, 6.07) is 25.3. The van der Waals surface area contributed by atoms with Crippen LogP contribution in [0.1, 0.15) is 5.56 Å². The van der Waals surface area contributed by atoms with Crippen molar-refractivity contribution in [2.45, 2.75) is 11.4 Å². The number of phenols is 1. The van der Waals surface area contributed by atoms with Gasteiger partial charge in [-0.25, -0.2) is 0 Å². The molecule has 0 radical (unpaired) electrons. The lowest BCUT2D eigenvalue weighted by Crippen LogP contribution is -2.31. The highest BCUT2D eigenvalue weighted by molar-refractivity contribution is 8.04. The highest BCUT2D eigenvalue weighted by atomic mass is 32.2. The molecule has 6 heteroatoms. The average Bonchev–Trinajstić information content (AvgIpc) is 2.94. The molecule has 0 unspecified atom stereocenters. The van der Waals surface area contributed by atoms with Crippen molar-refractivity contribution < 1.29 is 14.7 Å². The number of hydrogen-bond donors (Lipinski definition) is 2. The molecule has 1 aliphatic rings. The minimum Gasteiger partial charge on any atom is -0.508 e. The summed E-state index contributed by atoms with van der Waals surface area (Å²) in [6.07, 6.45) is 0. The normalized spacial score (nSPS) is 13.9. The van der Waals surface area contributed by atoms with Gasteiger partial charge in [0, 0.05) is 16.6 Å². The van der Waals surface area contributed by atoms with E-state index in [4.69, 9.17) is 0 Å². The molecular weight excluding hydrogens is 384 g/mol. The van der Waals surface area contributed by atoms with Crippen LogP contribution in [-0.2, 0) is 16.1 Å². The van der Waals surface area contributed by atoms with Gasteiger partial charge in [-0.2, -0.15) is 0 Å². The van der Waals surface area contributed by atoms with Gasteiger partial charge in [0.1, 0.15) is 16.4 Å². The molecule has 1 heterocycles. The van der Waals surface area contributed by atoms with E-state index in [9.17, 15) is 14.7 Å². The minimum absolute atomic E-state index is 0.0748. The number of imide groups is 1. The molecule has 1 aliphatic heterocycles. The number of rotatable bonds is 6. The summed E-state index contributed by atoms with van der Waals surface area (Å²) < 4.78 is 0. The first-order chi connectivity index (χ1) is 14.1. The molecule has 29 heavy (non-hydrogen) atoms. The number of carbonyl (C=O) groups is 2. The first-order valence-electron chi connectivity index (χ1n) is 9.05. The molecule has 0 fully saturated rings. The molecule has 5 nitrogen and oxygen atoms in total. The molecular formula is C23H18N2O3S. The van der Waals surface area contributed by atoms with Crippen molar-refractivity contribution in [3.63, 3.8) is 0 Å². The van der Waals surface area contributed by atoms with E-state index < -0.39 is 0 Å². The molecule has 3 aromatic rings. The fraction of sp³-hybridized carbons (Fsp3) is 0.0435. The van der Waals surface area contributed by atoms with E-state index in [1.54, 1.807) is 18.2 Å². The third-order valence-corrected chi connectivity index (χ3v) is 5.48. The van der Waals surface area contributed by atoms with Crippen molar-refractivity contribution in [3.05, 3.63) is 101 Å². The fourth-order valence-corrected chi connectivity index (χ4v) is 3.97. The SMILES string of the molecule is O=C1C(Nc2cccc(O)c2)=C(Sc2ccccc2)C(=O)N1Cc1ccccc1. The van der Waals surface area contributed by atoms with E-state index in [2.05, 4.69) is 5.32 Å². The van der Waals surface area contributed by atoms with Crippen molar-refractivity contribution in [1.82, 2.24) is 4.90 Å². The molecule has 0 spiro atoms. The maximum absolute atomic E-state index is 13.1. The van der Waals surface area contributed by atoms with Crippen LogP contribution in [0, 0.1) is 0 Å². The summed E-state index contributed by atoms with van der Waals surface area (Å²) in [5.41, 5.74) is 1.62. The number of hydrogen-bond acceptors (Lipinski definition) is 5. The van der Waals surface area contributed by atoms with Crippen LogP contribution in [0.25, 0.3) is 0 Å². The Morgan fingerprint density at radius 1 is 0.828 bits per heavy atom. The van der Waals surface area contributed by atoms with Gasteiger partial charge in [0.2, 0.25) is 0 Å². The van der Waals surface area contributed by atoms with Crippen LogP contribution in [-0.4, -0.2) is 21.8 Å². The second kappa shape index (κ2) is 8.24. The molecule has 0 atom stereocenters. The van der Waals surface area contributed by atoms with Crippen LogP contribution >= 0.6 is 11.8 Å². The van der Waals surface area contributed by atoms with Crippen molar-refractivity contribution in [2.75, 3.05) is 5.32 Å². The predicted molar refractivity (Wildman–Crippen MR) is 113 cm³/mol. The summed E-state index contributed by atoms with van der Waals surface area (Å²) in [5.74, 6) is -0.651. The second-order valence-electron chi connectivity index (χ2n) is 6.48. The number of thioether (sulfide) groups is 1. The Morgan fingerprint density at radius 2 is 1.52 bits per heavy atom. The van der Waals surface area contributed by atoms with Gasteiger partial charge in [-0.1, -0.05) is 66.4 Å². The number of benzene rings is 3. The lowest BCUT2D eigenvalue weighted by atomic mass is 10.2. The van der Waals surface area contributed by atoms with Crippen LogP contribution in [0.4, 0.5) is 5.69 Å². The third-order valence-electron chi connectivity index (χ3n) is 4.39. The van der Waals surface area contributed by atoms with Gasteiger partial charge < -0.3 is 10.4 Å². The van der Waals surface area contributed by atoms with Crippen LogP contribution in [0.15, 0.2) is 100 Å². The Morgan fingerprint density at radius 3 is 2.21 bits per heavy atom. The third kappa shape index (κ3) is 4.17. The standard InChI is InChI=1S/C23H18N2O3S/c26-18-11-7-10-17(14-18)24-20-21(29-19-12-5-2-6-13-19)23(28)25(22(20)27)15-16-8-3-1-4-9-16/h1-14,24,26H,15H2. The van der Waals surface area contributed by atoms with Crippen molar-refractivity contribution >= 4 is 29.3 Å². The number of phenolic OH excluding ortho intramolecular Hbond substituents is 1. The van der Waals surface area contributed by atoms with E-state index in [-0.39, 0.29) is 29.8 Å². The number of nitrogens with one attached hydrogen (secondary N) is 1. The zero-order valence-electron chi connectivity index (χ0n) is 15.4. The Balaban J connectivity index is 1.68. The second-order valence-corrected chi connectivity index (χ2v) is 7.56. The number of anilines is 1. The van der Waals surface area contributed by atoms with Gasteiger partial charge in [-0.3, -0.25) is 14.5 Å². The Kier molecular flexibility index (Phi) is 5.35. The summed E-state index contributed by atoms with van der Waals surface area (Å²) >= 11 is 1.25. The summed E-state index contributed by atoms with van der Waals surface area (Å²) in [7, 11) is 0. The molecule has 144 valence electrons. The van der Waals surface area contributed by atoms with Gasteiger partial charge in [0.25, 0.3) is 11.8 Å². The zero-order chi connectivity index (χ0) is 20.2. The molecule has 3 aromatic carbocycles. The van der Waals surface area contributed by atoms with Crippen LogP contribution in [0.5, 0.6) is 5.75 Å². The lowest BCUT2D eigenvalue weighted by molar-refractivity contribution is -0.137. The van der Waals surface area contributed by atoms with Crippen LogP contribution in [0.2, 0.25) is 0 Å². The number of carbonyl (C=O) groups excluding carboxylic acids is 2. The van der Waals surface area contributed by atoms with E-state index in [1.165, 1.54) is 22.7 Å². The van der Waals surface area contributed by atoms with Gasteiger partial charge >= 0.3 is 0 Å². The van der Waals surface area contributed by atoms with E-state index in [0.717, 1.165) is 10.5 Å². The Labute approximate surface area is 172 Å². The van der Waals surface area contributed by atoms with E-state index in [1.807, 2.05) is 60.7 Å². The maximum atomic E-state index is 13.1. The molecule has 2 N–H and O–H groups in total. The number of aromatic hydroxyl groups is 1. The Bertz CT molecular complexity index is 1080. The highest BCUT2D eigenvalue weighted by Gasteiger charge is 2.39. The quantitative estimate of drug-likeness (QED) is 0.599.